The molecule has 1 heterocycles. The fourth-order valence-electron chi connectivity index (χ4n) is 3.05. The van der Waals surface area contributed by atoms with Crippen LogP contribution in [0.1, 0.15) is 11.1 Å². The van der Waals surface area contributed by atoms with Gasteiger partial charge in [-0.15, -0.1) is 0 Å². The molecule has 0 saturated carbocycles. The van der Waals surface area contributed by atoms with Crippen LogP contribution in [0.3, 0.4) is 0 Å². The van der Waals surface area contributed by atoms with Crippen molar-refractivity contribution in [3.8, 4) is 11.5 Å². The fraction of sp³-hybridized carbons (Fsp3) is 0.0833. The molecule has 1 aliphatic rings. The zero-order valence-corrected chi connectivity index (χ0v) is 17.2. The van der Waals surface area contributed by atoms with Gasteiger partial charge in [-0.25, -0.2) is 4.99 Å². The van der Waals surface area contributed by atoms with Crippen LogP contribution in [0.5, 0.6) is 11.5 Å². The lowest BCUT2D eigenvalue weighted by Crippen LogP contribution is -2.28. The van der Waals surface area contributed by atoms with E-state index in [1.54, 1.807) is 29.2 Å². The van der Waals surface area contributed by atoms with E-state index in [-0.39, 0.29) is 11.7 Å². The molecule has 1 N–H and O–H groups in total. The van der Waals surface area contributed by atoms with Crippen LogP contribution in [0.15, 0.2) is 88.8 Å². The van der Waals surface area contributed by atoms with Crippen molar-refractivity contribution in [2.24, 2.45) is 4.99 Å². The Kier molecular flexibility index (Phi) is 5.86. The molecule has 6 heteroatoms. The molecule has 1 aliphatic heterocycles. The summed E-state index contributed by atoms with van der Waals surface area (Å²) in [7, 11) is 1.49. The summed E-state index contributed by atoms with van der Waals surface area (Å²) in [6.07, 6.45) is 1.79. The number of aromatic hydroxyl groups is 1. The summed E-state index contributed by atoms with van der Waals surface area (Å²) in [6, 6.07) is 24.4. The average Bonchev–Trinajstić information content (AvgIpc) is 3.05. The lowest BCUT2D eigenvalue weighted by Gasteiger charge is -2.15. The van der Waals surface area contributed by atoms with E-state index in [0.717, 1.165) is 16.8 Å². The zero-order valence-electron chi connectivity index (χ0n) is 16.4. The van der Waals surface area contributed by atoms with Gasteiger partial charge in [-0.1, -0.05) is 54.6 Å². The van der Waals surface area contributed by atoms with Crippen molar-refractivity contribution in [3.63, 3.8) is 0 Å². The van der Waals surface area contributed by atoms with Gasteiger partial charge in [0.05, 0.1) is 24.2 Å². The molecule has 5 nitrogen and oxygen atoms in total. The first kappa shape index (κ1) is 19.8. The van der Waals surface area contributed by atoms with Gasteiger partial charge in [0.2, 0.25) is 0 Å². The smallest absolute Gasteiger partial charge is 0.267 e. The number of aliphatic imine (C=N–C) groups is 1. The number of amides is 1. The number of hydrogen-bond acceptors (Lipinski definition) is 5. The highest BCUT2D eigenvalue weighted by Gasteiger charge is 2.33. The van der Waals surface area contributed by atoms with E-state index in [9.17, 15) is 9.90 Å². The number of para-hydroxylation sites is 1. The minimum atomic E-state index is -0.106. The van der Waals surface area contributed by atoms with Crippen LogP contribution in [0.4, 0.5) is 5.69 Å². The third kappa shape index (κ3) is 4.39. The van der Waals surface area contributed by atoms with Gasteiger partial charge in [0.25, 0.3) is 5.91 Å². The van der Waals surface area contributed by atoms with Gasteiger partial charge in [-0.05, 0) is 53.2 Å². The molecule has 4 rings (SSSR count). The minimum absolute atomic E-state index is 0.0575. The number of nitrogens with zero attached hydrogens (tertiary/aromatic N) is 2. The molecule has 0 atom stereocenters. The number of amidine groups is 1. The maximum absolute atomic E-state index is 13.2. The Labute approximate surface area is 179 Å². The predicted molar refractivity (Wildman–Crippen MR) is 121 cm³/mol. The van der Waals surface area contributed by atoms with Gasteiger partial charge >= 0.3 is 0 Å². The Morgan fingerprint density at radius 3 is 2.43 bits per heavy atom. The summed E-state index contributed by atoms with van der Waals surface area (Å²) >= 11 is 1.34. The van der Waals surface area contributed by atoms with Crippen molar-refractivity contribution in [1.29, 1.82) is 0 Å². The quantitative estimate of drug-likeness (QED) is 0.581. The molecule has 0 unspecified atom stereocenters. The average molecular weight is 417 g/mol. The monoisotopic (exact) mass is 416 g/mol. The van der Waals surface area contributed by atoms with Crippen LogP contribution in [-0.2, 0) is 11.3 Å². The molecule has 1 amide bonds. The lowest BCUT2D eigenvalue weighted by atomic mass is 10.1. The summed E-state index contributed by atoms with van der Waals surface area (Å²) in [5.41, 5.74) is 2.58. The van der Waals surface area contributed by atoms with E-state index in [2.05, 4.69) is 0 Å². The van der Waals surface area contributed by atoms with Crippen molar-refractivity contribution in [2.75, 3.05) is 7.11 Å². The van der Waals surface area contributed by atoms with Crippen LogP contribution in [0, 0.1) is 0 Å². The second-order valence-corrected chi connectivity index (χ2v) is 7.66. The maximum atomic E-state index is 13.2. The van der Waals surface area contributed by atoms with E-state index in [0.29, 0.717) is 22.4 Å². The van der Waals surface area contributed by atoms with E-state index in [1.807, 2.05) is 60.7 Å². The van der Waals surface area contributed by atoms with Crippen LogP contribution in [0.2, 0.25) is 0 Å². The molecule has 0 bridgehead atoms. The zero-order chi connectivity index (χ0) is 20.9. The van der Waals surface area contributed by atoms with Gasteiger partial charge in [0, 0.05) is 0 Å². The number of ether oxygens (including phenoxy) is 1. The standard InChI is InChI=1S/C24H20N2O3S/c1-29-21-14-18(12-13-20(21)27)15-22-23(28)26(16-17-8-4-2-5-9-17)24(30-22)25-19-10-6-3-7-11-19/h2-15,27H,16H2,1H3/b22-15-,25-24?. The number of methoxy groups -OCH3 is 1. The Morgan fingerprint density at radius 2 is 1.73 bits per heavy atom. The Morgan fingerprint density at radius 1 is 1.03 bits per heavy atom. The first-order valence-corrected chi connectivity index (χ1v) is 10.2. The molecule has 0 aliphatic carbocycles. The van der Waals surface area contributed by atoms with E-state index < -0.39 is 0 Å². The van der Waals surface area contributed by atoms with Crippen LogP contribution >= 0.6 is 11.8 Å². The highest BCUT2D eigenvalue weighted by Crippen LogP contribution is 2.36. The number of hydrogen-bond donors (Lipinski definition) is 1. The van der Waals surface area contributed by atoms with Gasteiger partial charge in [0.15, 0.2) is 16.7 Å². The van der Waals surface area contributed by atoms with Crippen molar-refractivity contribution in [3.05, 3.63) is 94.9 Å². The lowest BCUT2D eigenvalue weighted by molar-refractivity contribution is -0.122. The minimum Gasteiger partial charge on any atom is -0.504 e. The van der Waals surface area contributed by atoms with E-state index in [1.165, 1.54) is 18.9 Å². The third-order valence-electron chi connectivity index (χ3n) is 4.55. The fourth-order valence-corrected chi connectivity index (χ4v) is 4.04. The van der Waals surface area contributed by atoms with Gasteiger partial charge in [0.1, 0.15) is 0 Å². The second-order valence-electron chi connectivity index (χ2n) is 6.65. The summed E-state index contributed by atoms with van der Waals surface area (Å²) < 4.78 is 5.17. The molecule has 0 spiro atoms. The van der Waals surface area contributed by atoms with Gasteiger partial charge < -0.3 is 9.84 Å². The summed E-state index contributed by atoms with van der Waals surface area (Å²) in [5.74, 6) is 0.312. The number of phenolic OH excluding ortho intramolecular Hbond substituents is 1. The van der Waals surface area contributed by atoms with Crippen molar-refractivity contribution >= 4 is 34.6 Å². The van der Waals surface area contributed by atoms with Crippen LogP contribution in [-0.4, -0.2) is 28.2 Å². The first-order valence-electron chi connectivity index (χ1n) is 9.40. The molecule has 3 aromatic carbocycles. The number of carbonyl (C=O) groups is 1. The molecule has 1 fully saturated rings. The maximum Gasteiger partial charge on any atom is 0.267 e. The predicted octanol–water partition coefficient (Wildman–Crippen LogP) is 5.21. The number of benzene rings is 3. The van der Waals surface area contributed by atoms with E-state index in [4.69, 9.17) is 9.73 Å². The molecule has 150 valence electrons. The van der Waals surface area contributed by atoms with Crippen LogP contribution < -0.4 is 4.74 Å². The number of carbonyl (C=O) groups excluding carboxylic acids is 1. The molecular formula is C24H20N2O3S. The number of thioether (sulfide) groups is 1. The largest absolute Gasteiger partial charge is 0.504 e. The van der Waals surface area contributed by atoms with Crippen molar-refractivity contribution in [2.45, 2.75) is 6.54 Å². The van der Waals surface area contributed by atoms with Gasteiger partial charge in [-0.3, -0.25) is 9.69 Å². The molecule has 0 aromatic heterocycles. The molecule has 30 heavy (non-hydrogen) atoms. The summed E-state index contributed by atoms with van der Waals surface area (Å²) in [6.45, 7) is 0.439. The first-order chi connectivity index (χ1) is 14.6. The van der Waals surface area contributed by atoms with Crippen LogP contribution in [0.25, 0.3) is 6.08 Å². The number of rotatable bonds is 5. The molecule has 1 saturated heterocycles. The highest BCUT2D eigenvalue weighted by atomic mass is 32.2. The second kappa shape index (κ2) is 8.88. The SMILES string of the molecule is COc1cc(/C=C2\SC(=Nc3ccccc3)N(Cc3ccccc3)C2=O)ccc1O. The Balaban J connectivity index is 1.70. The van der Waals surface area contributed by atoms with Gasteiger partial charge in [-0.2, -0.15) is 0 Å². The topological polar surface area (TPSA) is 62.1 Å². The third-order valence-corrected chi connectivity index (χ3v) is 5.56. The normalized spacial score (nSPS) is 16.4. The Hall–Kier alpha value is -3.51. The molecule has 0 radical (unpaired) electrons. The summed E-state index contributed by atoms with van der Waals surface area (Å²) in [4.78, 5) is 20.2. The molecule has 3 aromatic rings. The van der Waals surface area contributed by atoms with Crippen molar-refractivity contribution < 1.29 is 14.6 Å². The summed E-state index contributed by atoms with van der Waals surface area (Å²) in [5, 5.41) is 10.4. The van der Waals surface area contributed by atoms with Crippen molar-refractivity contribution in [1.82, 2.24) is 4.90 Å². The number of phenols is 1. The highest BCUT2D eigenvalue weighted by molar-refractivity contribution is 8.18. The Bertz CT molecular complexity index is 1110. The van der Waals surface area contributed by atoms with E-state index >= 15 is 0 Å². The molecular weight excluding hydrogens is 396 g/mol.